The Kier molecular flexibility index (Phi) is 13.1. The van der Waals surface area contributed by atoms with E-state index in [-0.39, 0.29) is 0 Å². The molecule has 1 unspecified atom stereocenters. The molecule has 0 rings (SSSR count). The van der Waals surface area contributed by atoms with E-state index in [1.807, 2.05) is 0 Å². The molecule has 0 aromatic heterocycles. The van der Waals surface area contributed by atoms with Crippen LogP contribution in [-0.2, 0) is 0 Å². The summed E-state index contributed by atoms with van der Waals surface area (Å²) in [6.07, 6.45) is -4.56. The second-order valence-electron chi connectivity index (χ2n) is 2.62. The molecule has 0 spiro atoms. The van der Waals surface area contributed by atoms with Crippen molar-refractivity contribution in [1.29, 1.82) is 0 Å². The van der Waals surface area contributed by atoms with Crippen LogP contribution in [0.5, 0.6) is 0 Å². The molecule has 0 bridgehead atoms. The number of nitrogens with two attached hydrogens (primary N) is 1. The fourth-order valence-corrected chi connectivity index (χ4v) is 0.444. The highest BCUT2D eigenvalue weighted by Crippen LogP contribution is 2.28. The lowest BCUT2D eigenvalue weighted by Crippen LogP contribution is -2.49. The van der Waals surface area contributed by atoms with Gasteiger partial charge in [-0.2, -0.15) is 13.2 Å². The number of hydrogen-bond acceptors (Lipinski definition) is 4. The molecule has 0 heterocycles. The summed E-state index contributed by atoms with van der Waals surface area (Å²) >= 11 is 0. The minimum atomic E-state index is -4.56. The minimum Gasteiger partial charge on any atom is -0.380 e. The topological polar surface area (TPSA) is 70.6 Å². The number of halogens is 3. The lowest BCUT2D eigenvalue weighted by Gasteiger charge is -2.25. The van der Waals surface area contributed by atoms with Crippen molar-refractivity contribution < 1.29 is 18.3 Å². The maximum absolute atomic E-state index is 11.7. The first-order valence-corrected chi connectivity index (χ1v) is 4.09. The first kappa shape index (κ1) is 19.8. The molecule has 0 aliphatic heterocycles. The van der Waals surface area contributed by atoms with Crippen molar-refractivity contribution in [2.75, 3.05) is 27.7 Å². The van der Waals surface area contributed by atoms with Gasteiger partial charge in [0, 0.05) is 13.6 Å². The van der Waals surface area contributed by atoms with Gasteiger partial charge in [-0.1, -0.05) is 0 Å². The Labute approximate surface area is 88.4 Å². The van der Waals surface area contributed by atoms with Gasteiger partial charge >= 0.3 is 6.18 Å². The van der Waals surface area contributed by atoms with Crippen LogP contribution in [0.4, 0.5) is 13.2 Å². The second-order valence-corrected chi connectivity index (χ2v) is 2.62. The summed E-state index contributed by atoms with van der Waals surface area (Å²) in [5.41, 5.74) is 1.88. The van der Waals surface area contributed by atoms with Crippen LogP contribution in [-0.4, -0.2) is 51.3 Å². The van der Waals surface area contributed by atoms with Crippen LogP contribution < -0.4 is 11.1 Å². The largest absolute Gasteiger partial charge is 0.418 e. The standard InChI is InChI=1S/C5H10F3NO.C2H5N.CH5N/c1-4(10,3-9-2)5(6,7)8;1-3-2;1-2/h9-10H,3H2,1-2H3;1H2,2H3;2H2,1H3. The van der Waals surface area contributed by atoms with Gasteiger partial charge in [0.05, 0.1) is 0 Å². The van der Waals surface area contributed by atoms with Gasteiger partial charge in [0.25, 0.3) is 0 Å². The fraction of sp³-hybridized carbons (Fsp3) is 0.875. The third-order valence-corrected chi connectivity index (χ3v) is 1.13. The molecule has 0 aromatic rings. The molecule has 4 N–H and O–H groups in total. The van der Waals surface area contributed by atoms with Gasteiger partial charge in [0.15, 0.2) is 5.60 Å². The average molecular weight is 231 g/mol. The number of rotatable bonds is 2. The smallest absolute Gasteiger partial charge is 0.380 e. The molecular formula is C8H20F3N3O. The average Bonchev–Trinajstić information content (AvgIpc) is 2.07. The van der Waals surface area contributed by atoms with Crippen LogP contribution in [0.15, 0.2) is 4.99 Å². The van der Waals surface area contributed by atoms with Crippen LogP contribution in [0, 0.1) is 0 Å². The molecule has 15 heavy (non-hydrogen) atoms. The molecule has 7 heteroatoms. The van der Waals surface area contributed by atoms with Gasteiger partial charge in [0.2, 0.25) is 0 Å². The number of hydrogen-bond donors (Lipinski definition) is 3. The molecule has 0 aliphatic rings. The molecule has 0 fully saturated rings. The quantitative estimate of drug-likeness (QED) is 0.603. The van der Waals surface area contributed by atoms with E-state index in [0.29, 0.717) is 0 Å². The van der Waals surface area contributed by atoms with E-state index in [1.165, 1.54) is 14.1 Å². The summed E-state index contributed by atoms with van der Waals surface area (Å²) in [7, 11) is 4.49. The molecule has 94 valence electrons. The van der Waals surface area contributed by atoms with Crippen LogP contribution in [0.25, 0.3) is 0 Å². The molecule has 0 saturated carbocycles. The Morgan fingerprint density at radius 2 is 1.67 bits per heavy atom. The Bertz CT molecular complexity index is 149. The van der Waals surface area contributed by atoms with Crippen LogP contribution in [0.2, 0.25) is 0 Å². The predicted octanol–water partition coefficient (Wildman–Crippen LogP) is 0.411. The number of alkyl halides is 3. The van der Waals surface area contributed by atoms with Crippen molar-refractivity contribution in [3.8, 4) is 0 Å². The number of nitrogens with zero attached hydrogens (tertiary/aromatic N) is 1. The van der Waals surface area contributed by atoms with E-state index in [2.05, 4.69) is 22.8 Å². The molecule has 0 aliphatic carbocycles. The highest BCUT2D eigenvalue weighted by molar-refractivity contribution is 5.22. The van der Waals surface area contributed by atoms with Crippen molar-refractivity contribution in [2.24, 2.45) is 10.7 Å². The van der Waals surface area contributed by atoms with E-state index in [9.17, 15) is 13.2 Å². The summed E-state index contributed by atoms with van der Waals surface area (Å²) in [6, 6.07) is 0. The summed E-state index contributed by atoms with van der Waals surface area (Å²) in [6.45, 7) is 3.35. The maximum Gasteiger partial charge on any atom is 0.418 e. The number of nitrogens with one attached hydrogen (secondary N) is 1. The van der Waals surface area contributed by atoms with Gasteiger partial charge < -0.3 is 21.1 Å². The van der Waals surface area contributed by atoms with Gasteiger partial charge in [-0.05, 0) is 27.7 Å². The Balaban J connectivity index is -0.000000245. The Morgan fingerprint density at radius 1 is 1.40 bits per heavy atom. The zero-order valence-corrected chi connectivity index (χ0v) is 9.52. The van der Waals surface area contributed by atoms with E-state index in [1.54, 1.807) is 7.05 Å². The van der Waals surface area contributed by atoms with Crippen LogP contribution >= 0.6 is 0 Å². The predicted molar refractivity (Wildman–Crippen MR) is 56.2 cm³/mol. The van der Waals surface area contributed by atoms with Crippen molar-refractivity contribution in [3.05, 3.63) is 0 Å². The van der Waals surface area contributed by atoms with E-state index in [0.717, 1.165) is 6.92 Å². The third-order valence-electron chi connectivity index (χ3n) is 1.13. The molecule has 0 saturated heterocycles. The number of likely N-dealkylation sites (N-methyl/N-ethyl adjacent to an activating group) is 1. The molecular weight excluding hydrogens is 211 g/mol. The highest BCUT2D eigenvalue weighted by atomic mass is 19.4. The Morgan fingerprint density at radius 3 is 1.73 bits per heavy atom. The number of aliphatic imine (C=N–C) groups is 1. The van der Waals surface area contributed by atoms with Crippen molar-refractivity contribution >= 4 is 6.72 Å². The first-order valence-electron chi connectivity index (χ1n) is 4.09. The molecule has 0 radical (unpaired) electrons. The molecule has 0 amide bonds. The molecule has 1 atom stereocenters. The fourth-order valence-electron chi connectivity index (χ4n) is 0.444. The van der Waals surface area contributed by atoms with Crippen molar-refractivity contribution in [1.82, 2.24) is 5.32 Å². The zero-order chi connectivity index (χ0) is 13.1. The van der Waals surface area contributed by atoms with Gasteiger partial charge in [-0.25, -0.2) is 0 Å². The summed E-state index contributed by atoms with van der Waals surface area (Å²) in [5.74, 6) is 0. The Hall–Kier alpha value is -0.660. The SMILES string of the molecule is C=NC.CN.CNCC(C)(O)C(F)(F)F. The lowest BCUT2D eigenvalue weighted by molar-refractivity contribution is -0.250. The first-order chi connectivity index (χ1) is 6.72. The van der Waals surface area contributed by atoms with Crippen molar-refractivity contribution in [2.45, 2.75) is 18.7 Å². The maximum atomic E-state index is 11.7. The zero-order valence-electron chi connectivity index (χ0n) is 9.52. The van der Waals surface area contributed by atoms with Crippen LogP contribution in [0.1, 0.15) is 6.92 Å². The second kappa shape index (κ2) is 9.88. The number of aliphatic hydroxyl groups is 1. The summed E-state index contributed by atoms with van der Waals surface area (Å²) in [5, 5.41) is 10.9. The van der Waals surface area contributed by atoms with Gasteiger partial charge in [-0.15, -0.1) is 0 Å². The van der Waals surface area contributed by atoms with E-state index >= 15 is 0 Å². The summed E-state index contributed by atoms with van der Waals surface area (Å²) < 4.78 is 35.2. The monoisotopic (exact) mass is 231 g/mol. The van der Waals surface area contributed by atoms with E-state index < -0.39 is 18.3 Å². The van der Waals surface area contributed by atoms with Crippen LogP contribution in [0.3, 0.4) is 0 Å². The van der Waals surface area contributed by atoms with Gasteiger partial charge in [-0.3, -0.25) is 0 Å². The van der Waals surface area contributed by atoms with Crippen molar-refractivity contribution in [3.63, 3.8) is 0 Å². The van der Waals surface area contributed by atoms with E-state index in [4.69, 9.17) is 5.11 Å². The minimum absolute atomic E-state index is 0.490. The summed E-state index contributed by atoms with van der Waals surface area (Å²) in [4.78, 5) is 3.25. The highest BCUT2D eigenvalue weighted by Gasteiger charge is 2.49. The lowest BCUT2D eigenvalue weighted by atomic mass is 10.1. The molecule has 0 aromatic carbocycles. The molecule has 4 nitrogen and oxygen atoms in total. The normalized spacial score (nSPS) is 13.7. The van der Waals surface area contributed by atoms with Gasteiger partial charge in [0.1, 0.15) is 0 Å². The third kappa shape index (κ3) is 11.3.